The zero-order valence-electron chi connectivity index (χ0n) is 14.1. The van der Waals surface area contributed by atoms with E-state index in [2.05, 4.69) is 5.32 Å². The van der Waals surface area contributed by atoms with Crippen LogP contribution in [0.3, 0.4) is 0 Å². The zero-order chi connectivity index (χ0) is 17.4. The molecule has 0 aliphatic carbocycles. The fourth-order valence-corrected chi connectivity index (χ4v) is 2.24. The standard InChI is InChI=1S/C20H23NO3/c1-15(22)8-9-17-10-12-19(13-11-17)24-16(2)20(23)21-14-18-6-4-3-5-7-18/h3-7,10-13,16H,8-9,14H2,1-2H3,(H,21,23). The van der Waals surface area contributed by atoms with Gasteiger partial charge in [0.25, 0.3) is 5.91 Å². The maximum absolute atomic E-state index is 12.1. The molecule has 0 spiro atoms. The molecule has 0 aliphatic heterocycles. The molecule has 126 valence electrons. The average Bonchev–Trinajstić information content (AvgIpc) is 2.59. The number of ketones is 1. The summed E-state index contributed by atoms with van der Waals surface area (Å²) in [5.74, 6) is 0.669. The van der Waals surface area contributed by atoms with Gasteiger partial charge in [-0.25, -0.2) is 0 Å². The van der Waals surface area contributed by atoms with E-state index in [9.17, 15) is 9.59 Å². The summed E-state index contributed by atoms with van der Waals surface area (Å²) >= 11 is 0. The van der Waals surface area contributed by atoms with Crippen molar-refractivity contribution in [1.82, 2.24) is 5.32 Å². The summed E-state index contributed by atoms with van der Waals surface area (Å²) in [7, 11) is 0. The van der Waals surface area contributed by atoms with E-state index < -0.39 is 6.10 Å². The van der Waals surface area contributed by atoms with Crippen LogP contribution >= 0.6 is 0 Å². The van der Waals surface area contributed by atoms with Crippen LogP contribution in [0.1, 0.15) is 31.4 Å². The second-order valence-electron chi connectivity index (χ2n) is 5.81. The van der Waals surface area contributed by atoms with Gasteiger partial charge >= 0.3 is 0 Å². The highest BCUT2D eigenvalue weighted by Gasteiger charge is 2.14. The van der Waals surface area contributed by atoms with Crippen LogP contribution in [0.25, 0.3) is 0 Å². The summed E-state index contributed by atoms with van der Waals surface area (Å²) in [6, 6.07) is 17.3. The van der Waals surface area contributed by atoms with E-state index in [0.717, 1.165) is 17.5 Å². The Morgan fingerprint density at radius 3 is 2.29 bits per heavy atom. The van der Waals surface area contributed by atoms with Gasteiger partial charge in [-0.05, 0) is 43.5 Å². The second kappa shape index (κ2) is 8.87. The summed E-state index contributed by atoms with van der Waals surface area (Å²) in [5, 5.41) is 2.86. The van der Waals surface area contributed by atoms with E-state index in [-0.39, 0.29) is 11.7 Å². The normalized spacial score (nSPS) is 11.6. The van der Waals surface area contributed by atoms with Crippen LogP contribution in [-0.2, 0) is 22.6 Å². The molecule has 1 atom stereocenters. The lowest BCUT2D eigenvalue weighted by molar-refractivity contribution is -0.127. The molecule has 4 nitrogen and oxygen atoms in total. The minimum Gasteiger partial charge on any atom is -0.481 e. The third-order valence-electron chi connectivity index (χ3n) is 3.68. The smallest absolute Gasteiger partial charge is 0.261 e. The number of Topliss-reactive ketones (excluding diaryl/α,β-unsaturated/α-hetero) is 1. The Morgan fingerprint density at radius 1 is 1.00 bits per heavy atom. The van der Waals surface area contributed by atoms with Gasteiger partial charge in [0.15, 0.2) is 6.10 Å². The van der Waals surface area contributed by atoms with Gasteiger partial charge in [-0.3, -0.25) is 4.79 Å². The van der Waals surface area contributed by atoms with Gasteiger partial charge in [-0.1, -0.05) is 42.5 Å². The predicted molar refractivity (Wildman–Crippen MR) is 93.8 cm³/mol. The van der Waals surface area contributed by atoms with Crippen LogP contribution in [0.4, 0.5) is 0 Å². The van der Waals surface area contributed by atoms with Crippen molar-refractivity contribution in [1.29, 1.82) is 0 Å². The molecule has 0 saturated carbocycles. The number of hydrogen-bond donors (Lipinski definition) is 1. The molecule has 4 heteroatoms. The van der Waals surface area contributed by atoms with E-state index in [1.165, 1.54) is 0 Å². The Bertz CT molecular complexity index is 665. The highest BCUT2D eigenvalue weighted by Crippen LogP contribution is 2.15. The summed E-state index contributed by atoms with van der Waals surface area (Å²) in [4.78, 5) is 23.1. The molecule has 1 N–H and O–H groups in total. The van der Waals surface area contributed by atoms with Crippen molar-refractivity contribution in [3.63, 3.8) is 0 Å². The molecular formula is C20H23NO3. The summed E-state index contributed by atoms with van der Waals surface area (Å²) in [6.45, 7) is 3.80. The number of ether oxygens (including phenoxy) is 1. The van der Waals surface area contributed by atoms with Crippen molar-refractivity contribution in [2.24, 2.45) is 0 Å². The van der Waals surface area contributed by atoms with Gasteiger partial charge in [-0.15, -0.1) is 0 Å². The maximum Gasteiger partial charge on any atom is 0.261 e. The molecule has 0 bridgehead atoms. The van der Waals surface area contributed by atoms with Gasteiger partial charge in [-0.2, -0.15) is 0 Å². The molecule has 0 aromatic heterocycles. The Morgan fingerprint density at radius 2 is 1.67 bits per heavy atom. The molecular weight excluding hydrogens is 302 g/mol. The Labute approximate surface area is 142 Å². The molecule has 1 amide bonds. The molecule has 0 fully saturated rings. The van der Waals surface area contributed by atoms with Gasteiger partial charge in [0, 0.05) is 13.0 Å². The molecule has 2 aromatic rings. The van der Waals surface area contributed by atoms with Crippen molar-refractivity contribution >= 4 is 11.7 Å². The molecule has 0 saturated heterocycles. The number of carbonyl (C=O) groups is 2. The zero-order valence-corrected chi connectivity index (χ0v) is 14.1. The van der Waals surface area contributed by atoms with Gasteiger partial charge < -0.3 is 14.8 Å². The van der Waals surface area contributed by atoms with E-state index in [1.807, 2.05) is 54.6 Å². The quantitative estimate of drug-likeness (QED) is 0.810. The number of hydrogen-bond acceptors (Lipinski definition) is 3. The number of carbonyl (C=O) groups excluding carboxylic acids is 2. The number of rotatable bonds is 8. The predicted octanol–water partition coefficient (Wildman–Crippen LogP) is 3.29. The Kier molecular flexibility index (Phi) is 6.55. The largest absolute Gasteiger partial charge is 0.481 e. The first-order valence-electron chi connectivity index (χ1n) is 8.11. The van der Waals surface area contributed by atoms with E-state index >= 15 is 0 Å². The van der Waals surface area contributed by atoms with Crippen LogP contribution in [-0.4, -0.2) is 17.8 Å². The number of amides is 1. The Hall–Kier alpha value is -2.62. The molecule has 2 aromatic carbocycles. The van der Waals surface area contributed by atoms with Crippen molar-refractivity contribution in [2.75, 3.05) is 0 Å². The molecule has 2 rings (SSSR count). The topological polar surface area (TPSA) is 55.4 Å². The van der Waals surface area contributed by atoms with Crippen LogP contribution < -0.4 is 10.1 Å². The monoisotopic (exact) mass is 325 g/mol. The summed E-state index contributed by atoms with van der Waals surface area (Å²) < 4.78 is 5.67. The molecule has 24 heavy (non-hydrogen) atoms. The van der Waals surface area contributed by atoms with Crippen molar-refractivity contribution in [3.05, 3.63) is 65.7 Å². The van der Waals surface area contributed by atoms with Crippen molar-refractivity contribution in [2.45, 2.75) is 39.3 Å². The molecule has 0 aliphatic rings. The number of benzene rings is 2. The minimum atomic E-state index is -0.572. The van der Waals surface area contributed by atoms with E-state index in [4.69, 9.17) is 4.74 Å². The highest BCUT2D eigenvalue weighted by molar-refractivity contribution is 5.80. The highest BCUT2D eigenvalue weighted by atomic mass is 16.5. The van der Waals surface area contributed by atoms with Crippen LogP contribution in [0.2, 0.25) is 0 Å². The van der Waals surface area contributed by atoms with Crippen LogP contribution in [0.5, 0.6) is 5.75 Å². The van der Waals surface area contributed by atoms with Gasteiger partial charge in [0.05, 0.1) is 0 Å². The average molecular weight is 325 g/mol. The maximum atomic E-state index is 12.1. The van der Waals surface area contributed by atoms with Crippen molar-refractivity contribution in [3.8, 4) is 5.75 Å². The first kappa shape index (κ1) is 17.7. The van der Waals surface area contributed by atoms with E-state index in [1.54, 1.807) is 13.8 Å². The lowest BCUT2D eigenvalue weighted by Crippen LogP contribution is -2.35. The fraction of sp³-hybridized carbons (Fsp3) is 0.300. The van der Waals surface area contributed by atoms with Crippen LogP contribution in [0.15, 0.2) is 54.6 Å². The van der Waals surface area contributed by atoms with E-state index in [0.29, 0.717) is 18.7 Å². The number of aryl methyl sites for hydroxylation is 1. The van der Waals surface area contributed by atoms with Crippen molar-refractivity contribution < 1.29 is 14.3 Å². The first-order chi connectivity index (χ1) is 11.5. The minimum absolute atomic E-state index is 0.153. The molecule has 1 unspecified atom stereocenters. The molecule has 0 heterocycles. The van der Waals surface area contributed by atoms with Crippen LogP contribution in [0, 0.1) is 0 Å². The lowest BCUT2D eigenvalue weighted by atomic mass is 10.1. The second-order valence-corrected chi connectivity index (χ2v) is 5.81. The lowest BCUT2D eigenvalue weighted by Gasteiger charge is -2.15. The Balaban J connectivity index is 1.81. The first-order valence-corrected chi connectivity index (χ1v) is 8.11. The van der Waals surface area contributed by atoms with Gasteiger partial charge in [0.2, 0.25) is 0 Å². The third-order valence-corrected chi connectivity index (χ3v) is 3.68. The SMILES string of the molecule is CC(=O)CCc1ccc(OC(C)C(=O)NCc2ccccc2)cc1. The summed E-state index contributed by atoms with van der Waals surface area (Å²) in [6.07, 6.45) is 0.693. The molecule has 0 radical (unpaired) electrons. The summed E-state index contributed by atoms with van der Waals surface area (Å²) in [5.41, 5.74) is 2.13. The number of nitrogens with one attached hydrogen (secondary N) is 1. The fourth-order valence-electron chi connectivity index (χ4n) is 2.24. The third kappa shape index (κ3) is 5.88. The van der Waals surface area contributed by atoms with Gasteiger partial charge in [0.1, 0.15) is 11.5 Å².